The summed E-state index contributed by atoms with van der Waals surface area (Å²) in [4.78, 5) is 56.3. The summed E-state index contributed by atoms with van der Waals surface area (Å²) in [5, 5.41) is 16.1. The van der Waals surface area contributed by atoms with E-state index in [9.17, 15) is 24.3 Å². The molecular weight excluding hydrogens is 522 g/mol. The first-order valence-electron chi connectivity index (χ1n) is 14.2. The zero-order chi connectivity index (χ0) is 29.4. The van der Waals surface area contributed by atoms with Crippen LogP contribution in [0.2, 0.25) is 0 Å². The fraction of sp³-hybridized carbons (Fsp3) is 0.419. The summed E-state index contributed by atoms with van der Waals surface area (Å²) in [6.07, 6.45) is 4.49. The molecule has 1 fully saturated rings. The minimum absolute atomic E-state index is 0.0796. The highest BCUT2D eigenvalue weighted by Gasteiger charge is 2.32. The molecule has 2 heterocycles. The average molecular weight is 562 g/mol. The number of benzene rings is 2. The summed E-state index contributed by atoms with van der Waals surface area (Å²) < 4.78 is 0. The van der Waals surface area contributed by atoms with Crippen LogP contribution in [0.15, 0.2) is 54.7 Å². The molecule has 0 bridgehead atoms. The van der Waals surface area contributed by atoms with Crippen LogP contribution in [-0.4, -0.2) is 70.4 Å². The fourth-order valence-electron chi connectivity index (χ4n) is 5.29. The largest absolute Gasteiger partial charge is 0.480 e. The van der Waals surface area contributed by atoms with Crippen molar-refractivity contribution >= 4 is 34.6 Å². The van der Waals surface area contributed by atoms with Gasteiger partial charge in [-0.15, -0.1) is 0 Å². The van der Waals surface area contributed by atoms with Crippen molar-refractivity contribution in [2.75, 3.05) is 19.6 Å². The summed E-state index contributed by atoms with van der Waals surface area (Å²) >= 11 is 0. The molecule has 1 aliphatic heterocycles. The van der Waals surface area contributed by atoms with Crippen molar-refractivity contribution in [3.05, 3.63) is 71.4 Å². The van der Waals surface area contributed by atoms with Crippen LogP contribution in [0.5, 0.6) is 0 Å². The van der Waals surface area contributed by atoms with Crippen molar-refractivity contribution in [1.82, 2.24) is 20.5 Å². The van der Waals surface area contributed by atoms with Crippen molar-refractivity contribution < 1.29 is 24.3 Å². The number of para-hydroxylation sites is 1. The summed E-state index contributed by atoms with van der Waals surface area (Å²) in [5.41, 5.74) is 9.03. The number of carbonyl (C=O) groups excluding carboxylic acids is 3. The number of carbonyl (C=O) groups is 4. The first-order chi connectivity index (χ1) is 19.8. The van der Waals surface area contributed by atoms with Crippen LogP contribution in [0.1, 0.15) is 53.6 Å². The third kappa shape index (κ3) is 7.73. The summed E-state index contributed by atoms with van der Waals surface area (Å²) in [6, 6.07) is 12.7. The Labute approximate surface area is 239 Å². The molecule has 1 aliphatic rings. The molecule has 0 aliphatic carbocycles. The number of carboxylic acid groups (broad SMARTS) is 1. The summed E-state index contributed by atoms with van der Waals surface area (Å²) in [7, 11) is 0. The number of H-pyrrole nitrogens is 1. The molecule has 3 aromatic rings. The lowest BCUT2D eigenvalue weighted by Gasteiger charge is -2.32. The van der Waals surface area contributed by atoms with Crippen LogP contribution in [0.4, 0.5) is 4.79 Å². The Morgan fingerprint density at radius 3 is 2.39 bits per heavy atom. The number of aryl methyl sites for hydroxylation is 1. The SMILES string of the molecule is Cc1ccc(C(=O)C2CCN(C(=O)NC(Cc3c[nH]c4ccccc34)C(=O)NC(CCCCN)C(=O)O)CC2)cc1. The molecule has 10 nitrogen and oxygen atoms in total. The van der Waals surface area contributed by atoms with Gasteiger partial charge in [-0.3, -0.25) is 9.59 Å². The maximum absolute atomic E-state index is 13.4. The Balaban J connectivity index is 1.43. The molecular formula is C31H39N5O5. The standard InChI is InChI=1S/C31H39N5O5/c1-20-9-11-21(12-10-20)28(37)22-13-16-36(17-14-22)31(41)35-27(18-23-19-33-25-7-3-2-6-24(23)25)29(38)34-26(30(39)40)8-4-5-15-32/h2-3,6-7,9-12,19,22,26-27,33H,4-5,8,13-18,32H2,1H3,(H,34,38)(H,35,41)(H,39,40). The monoisotopic (exact) mass is 561 g/mol. The Kier molecular flexibility index (Phi) is 10.1. The first kappa shape index (κ1) is 29.8. The number of aliphatic carboxylic acids is 1. The van der Waals surface area contributed by atoms with Crippen LogP contribution in [-0.2, 0) is 16.0 Å². The Bertz CT molecular complexity index is 1360. The number of likely N-dealkylation sites (tertiary alicyclic amines) is 1. The van der Waals surface area contributed by atoms with Crippen molar-refractivity contribution in [3.63, 3.8) is 0 Å². The van der Waals surface area contributed by atoms with E-state index in [1.165, 1.54) is 0 Å². The van der Waals surface area contributed by atoms with Crippen molar-refractivity contribution in [3.8, 4) is 0 Å². The lowest BCUT2D eigenvalue weighted by atomic mass is 9.89. The van der Waals surface area contributed by atoms with Crippen LogP contribution in [0, 0.1) is 12.8 Å². The number of urea groups is 1. The first-order valence-corrected chi connectivity index (χ1v) is 14.2. The Morgan fingerprint density at radius 1 is 1.00 bits per heavy atom. The van der Waals surface area contributed by atoms with Gasteiger partial charge in [0.25, 0.3) is 0 Å². The zero-order valence-corrected chi connectivity index (χ0v) is 23.4. The van der Waals surface area contributed by atoms with Gasteiger partial charge in [0.15, 0.2) is 5.78 Å². The van der Waals surface area contributed by atoms with Crippen molar-refractivity contribution in [1.29, 1.82) is 0 Å². The predicted octanol–water partition coefficient (Wildman–Crippen LogP) is 3.39. The Hall–Kier alpha value is -4.18. The molecule has 0 spiro atoms. The number of unbranched alkanes of at least 4 members (excludes halogenated alkanes) is 1. The van der Waals surface area contributed by atoms with Gasteiger partial charge in [-0.1, -0.05) is 48.0 Å². The molecule has 0 saturated carbocycles. The zero-order valence-electron chi connectivity index (χ0n) is 23.4. The molecule has 2 atom stereocenters. The smallest absolute Gasteiger partial charge is 0.326 e. The van der Waals surface area contributed by atoms with E-state index in [1.54, 1.807) is 11.1 Å². The van der Waals surface area contributed by atoms with E-state index in [-0.39, 0.29) is 24.5 Å². The number of aromatic amines is 1. The number of amides is 3. The van der Waals surface area contributed by atoms with Gasteiger partial charge in [0.05, 0.1) is 0 Å². The number of fused-ring (bicyclic) bond motifs is 1. The van der Waals surface area contributed by atoms with E-state index in [0.29, 0.717) is 50.9 Å². The highest BCUT2D eigenvalue weighted by Crippen LogP contribution is 2.23. The number of carboxylic acids is 1. The van der Waals surface area contributed by atoms with Gasteiger partial charge in [0.2, 0.25) is 5.91 Å². The van der Waals surface area contributed by atoms with Gasteiger partial charge in [0, 0.05) is 48.1 Å². The maximum atomic E-state index is 13.4. The number of nitrogens with zero attached hydrogens (tertiary/aromatic N) is 1. The van der Waals surface area contributed by atoms with Crippen molar-refractivity contribution in [2.24, 2.45) is 11.7 Å². The number of hydrogen-bond donors (Lipinski definition) is 5. The van der Waals surface area contributed by atoms with Crippen LogP contribution >= 0.6 is 0 Å². The van der Waals surface area contributed by atoms with Crippen LogP contribution < -0.4 is 16.4 Å². The molecule has 2 unspecified atom stereocenters. The lowest BCUT2D eigenvalue weighted by Crippen LogP contribution is -2.56. The Morgan fingerprint density at radius 2 is 1.71 bits per heavy atom. The van der Waals surface area contributed by atoms with Gasteiger partial charge in [-0.2, -0.15) is 0 Å². The van der Waals surface area contributed by atoms with Gasteiger partial charge in [-0.05, 0) is 57.2 Å². The second-order valence-electron chi connectivity index (χ2n) is 10.7. The molecule has 1 saturated heterocycles. The topological polar surface area (TPSA) is 158 Å². The quantitative estimate of drug-likeness (QED) is 0.168. The fourth-order valence-corrected chi connectivity index (χ4v) is 5.29. The van der Waals surface area contributed by atoms with E-state index >= 15 is 0 Å². The van der Waals surface area contributed by atoms with Gasteiger partial charge >= 0.3 is 12.0 Å². The van der Waals surface area contributed by atoms with E-state index in [1.807, 2.05) is 55.5 Å². The van der Waals surface area contributed by atoms with Gasteiger partial charge in [0.1, 0.15) is 12.1 Å². The number of hydrogen-bond acceptors (Lipinski definition) is 5. The minimum Gasteiger partial charge on any atom is -0.480 e. The van der Waals surface area contributed by atoms with Crippen LogP contribution in [0.25, 0.3) is 10.9 Å². The molecule has 6 N–H and O–H groups in total. The van der Waals surface area contributed by atoms with E-state index < -0.39 is 30.0 Å². The second kappa shape index (κ2) is 13.9. The highest BCUT2D eigenvalue weighted by atomic mass is 16.4. The van der Waals surface area contributed by atoms with Gasteiger partial charge < -0.3 is 31.4 Å². The van der Waals surface area contributed by atoms with Crippen LogP contribution in [0.3, 0.4) is 0 Å². The average Bonchev–Trinajstić information content (AvgIpc) is 3.39. The number of nitrogens with two attached hydrogens (primary N) is 1. The number of rotatable bonds is 12. The molecule has 1 aromatic heterocycles. The normalized spacial score (nSPS) is 15.3. The molecule has 0 radical (unpaired) electrons. The molecule has 3 amide bonds. The molecule has 218 valence electrons. The number of nitrogens with one attached hydrogen (secondary N) is 3. The van der Waals surface area contributed by atoms with Crippen molar-refractivity contribution in [2.45, 2.75) is 57.5 Å². The highest BCUT2D eigenvalue weighted by molar-refractivity contribution is 5.98. The van der Waals surface area contributed by atoms with Gasteiger partial charge in [-0.25, -0.2) is 9.59 Å². The minimum atomic E-state index is -1.13. The number of Topliss-reactive ketones (excluding diaryl/α,β-unsaturated/α-hetero) is 1. The maximum Gasteiger partial charge on any atom is 0.326 e. The number of ketones is 1. The predicted molar refractivity (Wildman–Crippen MR) is 157 cm³/mol. The lowest BCUT2D eigenvalue weighted by molar-refractivity contribution is -0.142. The molecule has 41 heavy (non-hydrogen) atoms. The third-order valence-corrected chi connectivity index (χ3v) is 7.76. The van der Waals surface area contributed by atoms with E-state index in [0.717, 1.165) is 22.0 Å². The molecule has 4 rings (SSSR count). The van der Waals surface area contributed by atoms with E-state index in [4.69, 9.17) is 5.73 Å². The number of aromatic nitrogens is 1. The second-order valence-corrected chi connectivity index (χ2v) is 10.7. The number of piperidine rings is 1. The summed E-state index contributed by atoms with van der Waals surface area (Å²) in [6.45, 7) is 3.17. The third-order valence-electron chi connectivity index (χ3n) is 7.76. The summed E-state index contributed by atoms with van der Waals surface area (Å²) in [5.74, 6) is -1.78. The van der Waals surface area contributed by atoms with E-state index in [2.05, 4.69) is 15.6 Å². The molecule has 2 aromatic carbocycles. The molecule has 10 heteroatoms.